The van der Waals surface area contributed by atoms with Crippen molar-refractivity contribution in [2.75, 3.05) is 0 Å². The number of cyclic esters (lactones) is 1. The zero-order valence-electron chi connectivity index (χ0n) is 14.4. The third-order valence-corrected chi connectivity index (χ3v) is 5.01. The lowest BCUT2D eigenvalue weighted by molar-refractivity contribution is -0.140. The van der Waals surface area contributed by atoms with Crippen molar-refractivity contribution in [1.29, 1.82) is 0 Å². The maximum atomic E-state index is 12.8. The number of benzene rings is 1. The van der Waals surface area contributed by atoms with Crippen molar-refractivity contribution in [2.24, 2.45) is 0 Å². The van der Waals surface area contributed by atoms with Crippen molar-refractivity contribution in [3.05, 3.63) is 53.1 Å². The topological polar surface area (TPSA) is 73.2 Å². The fourth-order valence-corrected chi connectivity index (χ4v) is 3.70. The predicted octanol–water partition coefficient (Wildman–Crippen LogP) is 1.79. The van der Waals surface area contributed by atoms with E-state index in [1.165, 1.54) is 0 Å². The largest absolute Gasteiger partial charge is 0.445 e. The highest BCUT2D eigenvalue weighted by atomic mass is 16.6. The molecule has 1 aromatic carbocycles. The first-order valence-corrected chi connectivity index (χ1v) is 8.59. The highest BCUT2D eigenvalue weighted by molar-refractivity contribution is 5.97. The predicted molar refractivity (Wildman–Crippen MR) is 91.2 cm³/mol. The first kappa shape index (κ1) is 15.9. The molecule has 1 amide bonds. The van der Waals surface area contributed by atoms with Crippen molar-refractivity contribution in [1.82, 2.24) is 14.9 Å². The Morgan fingerprint density at radius 2 is 2.20 bits per heavy atom. The van der Waals surface area contributed by atoms with Crippen LogP contribution in [0.3, 0.4) is 0 Å². The molecule has 0 unspecified atom stereocenters. The smallest absolute Gasteiger partial charge is 0.339 e. The molecule has 0 bridgehead atoms. The zero-order chi connectivity index (χ0) is 17.6. The molecular formula is C19H21N3O3. The molecule has 0 saturated heterocycles. The number of aromatic nitrogens is 2. The van der Waals surface area contributed by atoms with E-state index < -0.39 is 11.6 Å². The Bertz CT molecular complexity index is 857. The Kier molecular flexibility index (Phi) is 3.63. The third kappa shape index (κ3) is 2.81. The molecule has 2 aliphatic rings. The van der Waals surface area contributed by atoms with Crippen molar-refractivity contribution < 1.29 is 14.3 Å². The number of nitrogens with zero attached hydrogens (tertiary/aromatic N) is 2. The van der Waals surface area contributed by atoms with Crippen LogP contribution in [0.5, 0.6) is 0 Å². The molecule has 0 spiro atoms. The molecule has 2 aromatic rings. The second-order valence-corrected chi connectivity index (χ2v) is 7.11. The number of ether oxygens (including phenoxy) is 1. The van der Waals surface area contributed by atoms with Gasteiger partial charge in [0.2, 0.25) is 0 Å². The van der Waals surface area contributed by atoms with Gasteiger partial charge in [0.05, 0.1) is 11.3 Å². The number of fused-ring (bicyclic) bond motifs is 2. The highest BCUT2D eigenvalue weighted by Crippen LogP contribution is 2.28. The zero-order valence-corrected chi connectivity index (χ0v) is 14.4. The van der Waals surface area contributed by atoms with E-state index >= 15 is 0 Å². The van der Waals surface area contributed by atoms with Gasteiger partial charge in [0, 0.05) is 31.6 Å². The van der Waals surface area contributed by atoms with Gasteiger partial charge in [-0.3, -0.25) is 4.79 Å². The molecule has 2 atom stereocenters. The van der Waals surface area contributed by atoms with Crippen LogP contribution in [-0.4, -0.2) is 33.1 Å². The first-order valence-electron chi connectivity index (χ1n) is 8.59. The van der Waals surface area contributed by atoms with E-state index in [2.05, 4.69) is 14.9 Å². The summed E-state index contributed by atoms with van der Waals surface area (Å²) in [6.07, 6.45) is 4.07. The Balaban J connectivity index is 1.49. The first-order chi connectivity index (χ1) is 11.9. The molecule has 1 aromatic heterocycles. The van der Waals surface area contributed by atoms with Gasteiger partial charge < -0.3 is 14.6 Å². The number of amides is 1. The summed E-state index contributed by atoms with van der Waals surface area (Å²) in [5, 5.41) is 3.07. The van der Waals surface area contributed by atoms with Crippen LogP contribution in [0.4, 0.5) is 0 Å². The Hall–Kier alpha value is -2.63. The number of imidazole rings is 1. The van der Waals surface area contributed by atoms with Crippen LogP contribution in [-0.2, 0) is 28.9 Å². The van der Waals surface area contributed by atoms with Gasteiger partial charge in [0.15, 0.2) is 5.60 Å². The fourth-order valence-electron chi connectivity index (χ4n) is 3.70. The van der Waals surface area contributed by atoms with Crippen LogP contribution < -0.4 is 5.32 Å². The molecule has 6 heteroatoms. The van der Waals surface area contributed by atoms with E-state index in [-0.39, 0.29) is 11.9 Å². The molecule has 0 fully saturated rings. The third-order valence-electron chi connectivity index (χ3n) is 5.01. The maximum absolute atomic E-state index is 12.8. The van der Waals surface area contributed by atoms with E-state index in [9.17, 15) is 9.59 Å². The number of nitrogens with one attached hydrogen (secondary N) is 1. The number of rotatable bonds is 2. The monoisotopic (exact) mass is 339 g/mol. The van der Waals surface area contributed by atoms with E-state index in [0.717, 1.165) is 29.9 Å². The second kappa shape index (κ2) is 5.72. The standard InChI is InChI=1S/C19H21N3O3/c1-12-10-22-11-14(7-8-16(22)20-12)21-18(24)19(2)9-13-5-3-4-6-15(13)17(23)25-19/h3-6,10,14H,7-9,11H2,1-2H3,(H,21,24)/t14-,19-/m0/s1. The number of hydrogen-bond donors (Lipinski definition) is 1. The Labute approximate surface area is 146 Å². The molecule has 0 aliphatic carbocycles. The molecule has 1 N–H and O–H groups in total. The summed E-state index contributed by atoms with van der Waals surface area (Å²) in [5.74, 6) is 0.392. The molecule has 0 radical (unpaired) electrons. The average molecular weight is 339 g/mol. The number of esters is 1. The number of aryl methyl sites for hydroxylation is 2. The van der Waals surface area contributed by atoms with Gasteiger partial charge in [0.1, 0.15) is 5.82 Å². The van der Waals surface area contributed by atoms with Crippen LogP contribution in [0.25, 0.3) is 0 Å². The van der Waals surface area contributed by atoms with Crippen LogP contribution in [0, 0.1) is 6.92 Å². The van der Waals surface area contributed by atoms with Crippen LogP contribution in [0.15, 0.2) is 30.5 Å². The Morgan fingerprint density at radius 1 is 1.40 bits per heavy atom. The maximum Gasteiger partial charge on any atom is 0.339 e. The number of carbonyl (C=O) groups excluding carboxylic acids is 2. The molecule has 0 saturated carbocycles. The summed E-state index contributed by atoms with van der Waals surface area (Å²) in [6, 6.07) is 7.30. The van der Waals surface area contributed by atoms with Crippen LogP contribution in [0.1, 0.15) is 40.8 Å². The molecular weight excluding hydrogens is 318 g/mol. The van der Waals surface area contributed by atoms with Gasteiger partial charge >= 0.3 is 5.97 Å². The molecule has 25 heavy (non-hydrogen) atoms. The van der Waals surface area contributed by atoms with Crippen molar-refractivity contribution in [3.63, 3.8) is 0 Å². The minimum Gasteiger partial charge on any atom is -0.445 e. The van der Waals surface area contributed by atoms with Gasteiger partial charge in [-0.1, -0.05) is 18.2 Å². The van der Waals surface area contributed by atoms with E-state index in [1.54, 1.807) is 19.1 Å². The van der Waals surface area contributed by atoms with Crippen LogP contribution >= 0.6 is 0 Å². The van der Waals surface area contributed by atoms with Gasteiger partial charge in [-0.25, -0.2) is 9.78 Å². The summed E-state index contributed by atoms with van der Waals surface area (Å²) in [4.78, 5) is 29.6. The number of carbonyl (C=O) groups is 2. The van der Waals surface area contributed by atoms with E-state index in [0.29, 0.717) is 18.5 Å². The molecule has 4 rings (SSSR count). The van der Waals surface area contributed by atoms with E-state index in [4.69, 9.17) is 4.74 Å². The van der Waals surface area contributed by atoms with Gasteiger partial charge in [0.25, 0.3) is 5.91 Å². The second-order valence-electron chi connectivity index (χ2n) is 7.11. The molecule has 130 valence electrons. The summed E-state index contributed by atoms with van der Waals surface area (Å²) < 4.78 is 7.60. The minimum atomic E-state index is -1.17. The summed E-state index contributed by atoms with van der Waals surface area (Å²) in [7, 11) is 0. The van der Waals surface area contributed by atoms with Crippen molar-refractivity contribution >= 4 is 11.9 Å². The summed E-state index contributed by atoms with van der Waals surface area (Å²) in [6.45, 7) is 4.35. The van der Waals surface area contributed by atoms with Gasteiger partial charge in [-0.05, 0) is 31.9 Å². The van der Waals surface area contributed by atoms with E-state index in [1.807, 2.05) is 25.3 Å². The van der Waals surface area contributed by atoms with Crippen molar-refractivity contribution in [2.45, 2.75) is 51.3 Å². The normalized spacial score (nSPS) is 24.9. The fraction of sp³-hybridized carbons (Fsp3) is 0.421. The molecule has 2 aliphatic heterocycles. The lowest BCUT2D eigenvalue weighted by Gasteiger charge is -2.35. The average Bonchev–Trinajstić information content (AvgIpc) is 2.94. The quantitative estimate of drug-likeness (QED) is 0.847. The summed E-state index contributed by atoms with van der Waals surface area (Å²) >= 11 is 0. The van der Waals surface area contributed by atoms with Crippen LogP contribution in [0.2, 0.25) is 0 Å². The SMILES string of the molecule is Cc1cn2c(n1)CC[C@H](NC(=O)[C@]1(C)Cc3ccccc3C(=O)O1)C2. The molecule has 6 nitrogen and oxygen atoms in total. The van der Waals surface area contributed by atoms with Gasteiger partial charge in [-0.15, -0.1) is 0 Å². The highest BCUT2D eigenvalue weighted by Gasteiger charge is 2.43. The Morgan fingerprint density at radius 3 is 3.04 bits per heavy atom. The lowest BCUT2D eigenvalue weighted by Crippen LogP contribution is -2.55. The molecule has 3 heterocycles. The van der Waals surface area contributed by atoms with Crippen molar-refractivity contribution in [3.8, 4) is 0 Å². The summed E-state index contributed by atoms with van der Waals surface area (Å²) in [5.41, 5.74) is 1.22. The van der Waals surface area contributed by atoms with Gasteiger partial charge in [-0.2, -0.15) is 0 Å². The number of hydrogen-bond acceptors (Lipinski definition) is 4. The lowest BCUT2D eigenvalue weighted by atomic mass is 9.89. The minimum absolute atomic E-state index is 0.0151.